The second kappa shape index (κ2) is 13.7. The summed E-state index contributed by atoms with van der Waals surface area (Å²) >= 11 is 2.53. The second-order valence-electron chi connectivity index (χ2n) is 15.6. The molecular formula is C38H59B2IO3. The second-order valence-corrected chi connectivity index (χ2v) is 18.3. The predicted molar refractivity (Wildman–Crippen MR) is 200 cm³/mol. The fourth-order valence-corrected chi connectivity index (χ4v) is 7.06. The van der Waals surface area contributed by atoms with E-state index in [4.69, 9.17) is 14.0 Å². The zero-order valence-corrected chi connectivity index (χ0v) is 32.0. The van der Waals surface area contributed by atoms with E-state index in [0.717, 1.165) is 5.46 Å². The lowest BCUT2D eigenvalue weighted by atomic mass is 9.60. The summed E-state index contributed by atoms with van der Waals surface area (Å²) in [6.45, 7) is 24.4. The first-order valence-corrected chi connectivity index (χ1v) is 18.6. The Morgan fingerprint density at radius 2 is 1.25 bits per heavy atom. The summed E-state index contributed by atoms with van der Waals surface area (Å²) in [4.78, 5) is 0. The summed E-state index contributed by atoms with van der Waals surface area (Å²) in [5.41, 5.74) is 7.20. The molecule has 1 heterocycles. The highest BCUT2D eigenvalue weighted by Gasteiger charge is 2.52. The van der Waals surface area contributed by atoms with Crippen molar-refractivity contribution in [2.75, 3.05) is 0 Å². The minimum absolute atomic E-state index is 0.00579. The highest BCUT2D eigenvalue weighted by molar-refractivity contribution is 14.1. The van der Waals surface area contributed by atoms with Gasteiger partial charge in [0.05, 0.1) is 16.8 Å². The van der Waals surface area contributed by atoms with E-state index < -0.39 is 0 Å². The number of hydrogen-bond acceptors (Lipinski definition) is 3. The van der Waals surface area contributed by atoms with E-state index >= 15 is 0 Å². The van der Waals surface area contributed by atoms with Gasteiger partial charge in [0.1, 0.15) is 0 Å². The van der Waals surface area contributed by atoms with Crippen LogP contribution in [0.15, 0.2) is 36.4 Å². The third-order valence-corrected chi connectivity index (χ3v) is 12.5. The van der Waals surface area contributed by atoms with E-state index in [0.29, 0.717) is 0 Å². The van der Waals surface area contributed by atoms with Gasteiger partial charge in [-0.15, -0.1) is 0 Å². The van der Waals surface area contributed by atoms with Gasteiger partial charge in [0.2, 0.25) is 0 Å². The van der Waals surface area contributed by atoms with Crippen molar-refractivity contribution < 1.29 is 14.0 Å². The van der Waals surface area contributed by atoms with Crippen LogP contribution in [0.5, 0.6) is 0 Å². The van der Waals surface area contributed by atoms with Crippen LogP contribution in [0.3, 0.4) is 0 Å². The largest absolute Gasteiger partial charge is 0.494 e. The Morgan fingerprint density at radius 1 is 0.750 bits per heavy atom. The molecule has 1 aliphatic carbocycles. The van der Waals surface area contributed by atoms with Crippen LogP contribution < -0.4 is 10.9 Å². The Hall–Kier alpha value is -0.820. The van der Waals surface area contributed by atoms with Gasteiger partial charge in [-0.25, -0.2) is 0 Å². The van der Waals surface area contributed by atoms with Crippen molar-refractivity contribution in [3.05, 3.63) is 47.5 Å². The Labute approximate surface area is 284 Å². The summed E-state index contributed by atoms with van der Waals surface area (Å²) in [7, 11) is -0.352. The fourth-order valence-electron chi connectivity index (χ4n) is 6.93. The predicted octanol–water partition coefficient (Wildman–Crippen LogP) is 10.0. The summed E-state index contributed by atoms with van der Waals surface area (Å²) in [6, 6.07) is 14.3. The molecule has 242 valence electrons. The van der Waals surface area contributed by atoms with Crippen LogP contribution in [0.1, 0.15) is 145 Å². The van der Waals surface area contributed by atoms with Crippen molar-refractivity contribution in [3.8, 4) is 11.1 Å². The summed E-state index contributed by atoms with van der Waals surface area (Å²) in [5.74, 6) is 0. The van der Waals surface area contributed by atoms with E-state index in [-0.39, 0.29) is 39.7 Å². The fraction of sp³-hybridized carbons (Fsp3) is 0.684. The first-order chi connectivity index (χ1) is 20.5. The number of hydrogen-bond donors (Lipinski definition) is 0. The molecule has 1 aliphatic heterocycles. The third kappa shape index (κ3) is 7.19. The van der Waals surface area contributed by atoms with Crippen LogP contribution in [0, 0.1) is 0 Å². The summed E-state index contributed by atoms with van der Waals surface area (Å²) < 4.78 is 19.9. The lowest BCUT2D eigenvalue weighted by Crippen LogP contribution is -2.49. The molecule has 2 aromatic rings. The SMILES string of the molecule is CCCCCCC1(CCCCCC)c2cc(B(C)OC(C)(C)C(C)(C)I)ccc2-c2ccc(B3OC(C)(C)C(C)(C)O3)cc21. The molecule has 2 aromatic carbocycles. The minimum atomic E-state index is -0.359. The van der Waals surface area contributed by atoms with Gasteiger partial charge in [-0.05, 0) is 101 Å². The number of unbranched alkanes of at least 4 members (excludes halogenated alkanes) is 6. The Balaban J connectivity index is 1.81. The number of rotatable bonds is 15. The molecule has 1 fully saturated rings. The Morgan fingerprint density at radius 3 is 1.75 bits per heavy atom. The van der Waals surface area contributed by atoms with Crippen molar-refractivity contribution in [2.24, 2.45) is 0 Å². The van der Waals surface area contributed by atoms with Gasteiger partial charge >= 0.3 is 14.0 Å². The van der Waals surface area contributed by atoms with E-state index in [1.54, 1.807) is 0 Å². The topological polar surface area (TPSA) is 27.7 Å². The summed E-state index contributed by atoms with van der Waals surface area (Å²) in [6.07, 6.45) is 12.5. The molecule has 0 aromatic heterocycles. The van der Waals surface area contributed by atoms with Gasteiger partial charge in [-0.2, -0.15) is 0 Å². The molecule has 0 saturated carbocycles. The summed E-state index contributed by atoms with van der Waals surface area (Å²) in [5, 5.41) is 0. The first kappa shape index (κ1) is 36.0. The molecule has 0 N–H and O–H groups in total. The molecule has 44 heavy (non-hydrogen) atoms. The van der Waals surface area contributed by atoms with Crippen molar-refractivity contribution in [3.63, 3.8) is 0 Å². The number of halogens is 1. The average Bonchev–Trinajstić information content (AvgIpc) is 3.33. The quantitative estimate of drug-likeness (QED) is 0.0797. The molecule has 0 radical (unpaired) electrons. The van der Waals surface area contributed by atoms with Crippen molar-refractivity contribution >= 4 is 47.6 Å². The number of fused-ring (bicyclic) bond motifs is 3. The van der Waals surface area contributed by atoms with Crippen LogP contribution in [0.25, 0.3) is 11.1 Å². The molecule has 0 amide bonds. The minimum Gasteiger partial charge on any atom is -0.425 e. The van der Waals surface area contributed by atoms with Crippen LogP contribution in [0.4, 0.5) is 0 Å². The van der Waals surface area contributed by atoms with Crippen LogP contribution in [0.2, 0.25) is 6.82 Å². The van der Waals surface area contributed by atoms with Crippen molar-refractivity contribution in [2.45, 2.75) is 166 Å². The molecule has 0 unspecified atom stereocenters. The molecule has 0 spiro atoms. The van der Waals surface area contributed by atoms with E-state index in [1.807, 2.05) is 0 Å². The van der Waals surface area contributed by atoms with Gasteiger partial charge in [-0.1, -0.05) is 131 Å². The highest BCUT2D eigenvalue weighted by atomic mass is 127. The normalized spacial score (nSPS) is 18.4. The lowest BCUT2D eigenvalue weighted by molar-refractivity contribution is 0.00578. The average molecular weight is 712 g/mol. The van der Waals surface area contributed by atoms with E-state index in [2.05, 4.69) is 135 Å². The smallest absolute Gasteiger partial charge is 0.425 e. The van der Waals surface area contributed by atoms with Gasteiger partial charge < -0.3 is 14.0 Å². The van der Waals surface area contributed by atoms with Crippen molar-refractivity contribution in [1.29, 1.82) is 0 Å². The van der Waals surface area contributed by atoms with Crippen LogP contribution in [-0.4, -0.2) is 34.3 Å². The molecule has 4 rings (SSSR count). The molecule has 0 bridgehead atoms. The van der Waals surface area contributed by atoms with Gasteiger partial charge in [0, 0.05) is 8.84 Å². The zero-order chi connectivity index (χ0) is 32.6. The van der Waals surface area contributed by atoms with E-state index in [1.165, 1.54) is 91.9 Å². The molecule has 3 nitrogen and oxygen atoms in total. The Bertz CT molecular complexity index is 1250. The highest BCUT2D eigenvalue weighted by Crippen LogP contribution is 2.54. The van der Waals surface area contributed by atoms with Crippen molar-refractivity contribution in [1.82, 2.24) is 0 Å². The maximum absolute atomic E-state index is 6.80. The number of alkyl halides is 1. The monoisotopic (exact) mass is 712 g/mol. The Kier molecular flexibility index (Phi) is 11.2. The maximum atomic E-state index is 6.80. The maximum Gasteiger partial charge on any atom is 0.494 e. The standard InChI is InChI=1S/C38H59B2IO3/c1-12-14-16-18-24-38(25-19-17-15-13-2)32-26-28(39(11)42-35(5,6)34(3,4)41)20-22-30(32)31-23-21-29(27-33(31)38)40-43-36(7,8)37(9,10)44-40/h20-23,26-27H,12-19,24-25H2,1-11H3. The molecule has 0 atom stereocenters. The van der Waals surface area contributed by atoms with E-state index in [9.17, 15) is 0 Å². The molecule has 2 aliphatic rings. The van der Waals surface area contributed by atoms with Crippen LogP contribution >= 0.6 is 22.6 Å². The number of benzene rings is 2. The lowest BCUT2D eigenvalue weighted by Gasteiger charge is -2.39. The molecule has 6 heteroatoms. The zero-order valence-electron chi connectivity index (χ0n) is 29.8. The first-order valence-electron chi connectivity index (χ1n) is 17.5. The van der Waals surface area contributed by atoms with Gasteiger partial charge in [-0.3, -0.25) is 0 Å². The van der Waals surface area contributed by atoms with Crippen LogP contribution in [-0.2, 0) is 19.4 Å². The van der Waals surface area contributed by atoms with Gasteiger partial charge in [0.25, 0.3) is 0 Å². The van der Waals surface area contributed by atoms with Gasteiger partial charge in [0.15, 0.2) is 0 Å². The molecule has 1 saturated heterocycles. The molecular weight excluding hydrogens is 653 g/mol. The third-order valence-electron chi connectivity index (χ3n) is 11.2.